The SMILES string of the molecule is O=[C]C(c1ccccc1)N1CCNCC1. The molecule has 0 bridgehead atoms. The fourth-order valence-electron chi connectivity index (χ4n) is 1.93. The Morgan fingerprint density at radius 2 is 1.87 bits per heavy atom. The quantitative estimate of drug-likeness (QED) is 0.786. The van der Waals surface area contributed by atoms with Gasteiger partial charge in [-0.15, -0.1) is 0 Å². The van der Waals surface area contributed by atoms with Crippen LogP contribution in [0.5, 0.6) is 0 Å². The van der Waals surface area contributed by atoms with Gasteiger partial charge in [0.25, 0.3) is 0 Å². The molecule has 0 aliphatic carbocycles. The molecule has 1 fully saturated rings. The molecule has 15 heavy (non-hydrogen) atoms. The van der Waals surface area contributed by atoms with Gasteiger partial charge in [-0.3, -0.25) is 9.69 Å². The van der Waals surface area contributed by atoms with E-state index in [0.717, 1.165) is 31.7 Å². The van der Waals surface area contributed by atoms with Gasteiger partial charge >= 0.3 is 0 Å². The van der Waals surface area contributed by atoms with Gasteiger partial charge in [0.05, 0.1) is 0 Å². The molecule has 3 heteroatoms. The van der Waals surface area contributed by atoms with Crippen LogP contribution < -0.4 is 5.32 Å². The van der Waals surface area contributed by atoms with Crippen LogP contribution in [-0.2, 0) is 4.79 Å². The zero-order valence-electron chi connectivity index (χ0n) is 8.65. The summed E-state index contributed by atoms with van der Waals surface area (Å²) < 4.78 is 0. The predicted octanol–water partition coefficient (Wildman–Crippen LogP) is 0.743. The van der Waals surface area contributed by atoms with Gasteiger partial charge in [-0.2, -0.15) is 0 Å². The lowest BCUT2D eigenvalue weighted by atomic mass is 10.1. The van der Waals surface area contributed by atoms with Gasteiger partial charge < -0.3 is 5.32 Å². The zero-order chi connectivity index (χ0) is 10.5. The first kappa shape index (κ1) is 10.3. The predicted molar refractivity (Wildman–Crippen MR) is 59.3 cm³/mol. The van der Waals surface area contributed by atoms with E-state index in [4.69, 9.17) is 0 Å². The van der Waals surface area contributed by atoms with E-state index in [9.17, 15) is 4.79 Å². The first-order chi connectivity index (χ1) is 7.42. The Kier molecular flexibility index (Phi) is 3.48. The number of piperazine rings is 1. The van der Waals surface area contributed by atoms with E-state index in [1.807, 2.05) is 30.3 Å². The summed E-state index contributed by atoms with van der Waals surface area (Å²) in [5.41, 5.74) is 1.04. The van der Waals surface area contributed by atoms with Gasteiger partial charge in [-0.1, -0.05) is 30.3 Å². The largest absolute Gasteiger partial charge is 0.314 e. The van der Waals surface area contributed by atoms with Gasteiger partial charge in [0.15, 0.2) is 0 Å². The Balaban J connectivity index is 2.12. The van der Waals surface area contributed by atoms with Crippen molar-refractivity contribution in [3.05, 3.63) is 35.9 Å². The summed E-state index contributed by atoms with van der Waals surface area (Å²) in [6.45, 7) is 3.72. The molecule has 1 N–H and O–H groups in total. The minimum absolute atomic E-state index is 0.201. The Hall–Kier alpha value is -1.19. The van der Waals surface area contributed by atoms with Crippen LogP contribution in [0.25, 0.3) is 0 Å². The Bertz CT molecular complexity index is 307. The molecular formula is C12H15N2O. The second-order valence-electron chi connectivity index (χ2n) is 3.72. The number of rotatable bonds is 3. The van der Waals surface area contributed by atoms with Crippen molar-refractivity contribution in [1.29, 1.82) is 0 Å². The Morgan fingerprint density at radius 1 is 1.20 bits per heavy atom. The molecule has 1 aliphatic rings. The number of nitrogens with one attached hydrogen (secondary N) is 1. The molecule has 1 heterocycles. The molecule has 1 aliphatic heterocycles. The number of hydrogen-bond acceptors (Lipinski definition) is 3. The lowest BCUT2D eigenvalue weighted by Gasteiger charge is -2.31. The highest BCUT2D eigenvalue weighted by Crippen LogP contribution is 2.18. The van der Waals surface area contributed by atoms with E-state index in [0.29, 0.717) is 0 Å². The highest BCUT2D eigenvalue weighted by molar-refractivity contribution is 5.62. The molecule has 1 aromatic rings. The second kappa shape index (κ2) is 5.05. The molecule has 1 unspecified atom stereocenters. The highest BCUT2D eigenvalue weighted by Gasteiger charge is 2.21. The van der Waals surface area contributed by atoms with Gasteiger partial charge in [-0.05, 0) is 5.56 Å². The topological polar surface area (TPSA) is 32.3 Å². The molecule has 1 saturated heterocycles. The van der Waals surface area contributed by atoms with Gasteiger partial charge in [0, 0.05) is 26.2 Å². The average molecular weight is 203 g/mol. The van der Waals surface area contributed by atoms with Crippen LogP contribution in [0, 0.1) is 0 Å². The van der Waals surface area contributed by atoms with E-state index >= 15 is 0 Å². The second-order valence-corrected chi connectivity index (χ2v) is 3.72. The standard InChI is InChI=1S/C12H15N2O/c15-10-12(11-4-2-1-3-5-11)14-8-6-13-7-9-14/h1-5,12-13H,6-9H2. The third-order valence-corrected chi connectivity index (χ3v) is 2.74. The summed E-state index contributed by atoms with van der Waals surface area (Å²) in [6.07, 6.45) is 2.14. The maximum Gasteiger partial charge on any atom is 0.222 e. The number of nitrogens with zero attached hydrogens (tertiary/aromatic N) is 1. The maximum atomic E-state index is 11.0. The molecule has 1 atom stereocenters. The molecule has 2 rings (SSSR count). The molecular weight excluding hydrogens is 188 g/mol. The third-order valence-electron chi connectivity index (χ3n) is 2.74. The van der Waals surface area contributed by atoms with Crippen molar-refractivity contribution in [2.75, 3.05) is 26.2 Å². The van der Waals surface area contributed by atoms with Crippen molar-refractivity contribution < 1.29 is 4.79 Å². The van der Waals surface area contributed by atoms with Gasteiger partial charge in [0.1, 0.15) is 6.04 Å². The van der Waals surface area contributed by atoms with Crippen LogP contribution in [0.3, 0.4) is 0 Å². The van der Waals surface area contributed by atoms with Crippen molar-refractivity contribution in [2.45, 2.75) is 6.04 Å². The minimum Gasteiger partial charge on any atom is -0.314 e. The van der Waals surface area contributed by atoms with E-state index in [2.05, 4.69) is 16.5 Å². The van der Waals surface area contributed by atoms with Crippen LogP contribution in [0.1, 0.15) is 11.6 Å². The van der Waals surface area contributed by atoms with Crippen LogP contribution in [-0.4, -0.2) is 37.4 Å². The molecule has 0 amide bonds. The molecule has 79 valence electrons. The molecule has 0 aromatic heterocycles. The van der Waals surface area contributed by atoms with Crippen LogP contribution in [0.2, 0.25) is 0 Å². The van der Waals surface area contributed by atoms with Crippen molar-refractivity contribution in [2.24, 2.45) is 0 Å². The van der Waals surface area contributed by atoms with Gasteiger partial charge in [0.2, 0.25) is 6.29 Å². The van der Waals surface area contributed by atoms with Crippen LogP contribution >= 0.6 is 0 Å². The van der Waals surface area contributed by atoms with E-state index in [-0.39, 0.29) is 6.04 Å². The summed E-state index contributed by atoms with van der Waals surface area (Å²) in [4.78, 5) is 13.2. The van der Waals surface area contributed by atoms with E-state index < -0.39 is 0 Å². The van der Waals surface area contributed by atoms with E-state index in [1.165, 1.54) is 0 Å². The molecule has 0 spiro atoms. The number of benzene rings is 1. The lowest BCUT2D eigenvalue weighted by molar-refractivity contribution is 0.211. The van der Waals surface area contributed by atoms with E-state index in [1.54, 1.807) is 0 Å². The first-order valence-corrected chi connectivity index (χ1v) is 5.29. The molecule has 3 nitrogen and oxygen atoms in total. The van der Waals surface area contributed by atoms with Crippen LogP contribution in [0.15, 0.2) is 30.3 Å². The molecule has 1 radical (unpaired) electrons. The average Bonchev–Trinajstić information content (AvgIpc) is 2.33. The Morgan fingerprint density at radius 3 is 2.47 bits per heavy atom. The minimum atomic E-state index is -0.201. The summed E-state index contributed by atoms with van der Waals surface area (Å²) in [6, 6.07) is 9.65. The van der Waals surface area contributed by atoms with Crippen molar-refractivity contribution in [3.63, 3.8) is 0 Å². The van der Waals surface area contributed by atoms with Gasteiger partial charge in [-0.25, -0.2) is 0 Å². The summed E-state index contributed by atoms with van der Waals surface area (Å²) in [5.74, 6) is 0. The maximum absolute atomic E-state index is 11.0. The summed E-state index contributed by atoms with van der Waals surface area (Å²) in [5, 5.41) is 3.27. The van der Waals surface area contributed by atoms with Crippen molar-refractivity contribution >= 4 is 6.29 Å². The lowest BCUT2D eigenvalue weighted by Crippen LogP contribution is -2.45. The fraction of sp³-hybridized carbons (Fsp3) is 0.417. The first-order valence-electron chi connectivity index (χ1n) is 5.29. The fourth-order valence-corrected chi connectivity index (χ4v) is 1.93. The smallest absolute Gasteiger partial charge is 0.222 e. The van der Waals surface area contributed by atoms with Crippen LogP contribution in [0.4, 0.5) is 0 Å². The van der Waals surface area contributed by atoms with Crippen molar-refractivity contribution in [1.82, 2.24) is 10.2 Å². The summed E-state index contributed by atoms with van der Waals surface area (Å²) in [7, 11) is 0. The highest BCUT2D eigenvalue weighted by atomic mass is 16.1. The zero-order valence-corrected chi connectivity index (χ0v) is 8.65. The number of hydrogen-bond donors (Lipinski definition) is 1. The normalized spacial score (nSPS) is 19.7. The molecule has 1 aromatic carbocycles. The Labute approximate surface area is 90.1 Å². The van der Waals surface area contributed by atoms with Crippen molar-refractivity contribution in [3.8, 4) is 0 Å². The number of carbonyl (C=O) groups excluding carboxylic acids is 1. The molecule has 0 saturated carbocycles. The monoisotopic (exact) mass is 203 g/mol. The third kappa shape index (κ3) is 2.43. The summed E-state index contributed by atoms with van der Waals surface area (Å²) >= 11 is 0.